The third-order valence-electron chi connectivity index (χ3n) is 5.37. The molecule has 1 nitrogen and oxygen atoms in total. The zero-order valence-electron chi connectivity index (χ0n) is 16.7. The Morgan fingerprint density at radius 1 is 0.609 bits per heavy atom. The Bertz CT molecular complexity index is 222. The lowest BCUT2D eigenvalue weighted by atomic mass is 9.72. The molecule has 0 spiro atoms. The summed E-state index contributed by atoms with van der Waals surface area (Å²) in [5.74, 6) is 0.757. The molecule has 23 heavy (non-hydrogen) atoms. The Morgan fingerprint density at radius 2 is 1.04 bits per heavy atom. The van der Waals surface area contributed by atoms with Crippen molar-refractivity contribution >= 4 is 12.4 Å². The fourth-order valence-electron chi connectivity index (χ4n) is 3.71. The van der Waals surface area contributed by atoms with Crippen molar-refractivity contribution < 1.29 is 0 Å². The van der Waals surface area contributed by atoms with Gasteiger partial charge in [-0.25, -0.2) is 0 Å². The molecule has 142 valence electrons. The number of unbranched alkanes of at least 4 members (excludes halogenated alkanes) is 7. The van der Waals surface area contributed by atoms with Crippen molar-refractivity contribution in [3.63, 3.8) is 0 Å². The Kier molecular flexibility index (Phi) is 18.9. The SMILES string of the molecule is CCCCCCCC(CCCC)C(N)(CCCC)CCCC.Cl. The molecule has 0 aliphatic rings. The number of hydrogen-bond acceptors (Lipinski definition) is 1. The predicted octanol–water partition coefficient (Wildman–Crippen LogP) is 7.65. The number of rotatable bonds is 16. The maximum Gasteiger partial charge on any atom is 0.0182 e. The zero-order chi connectivity index (χ0) is 16.7. The highest BCUT2D eigenvalue weighted by Crippen LogP contribution is 2.34. The lowest BCUT2D eigenvalue weighted by Crippen LogP contribution is -2.47. The second-order valence-corrected chi connectivity index (χ2v) is 7.48. The summed E-state index contributed by atoms with van der Waals surface area (Å²) in [6.07, 6.45) is 20.0. The van der Waals surface area contributed by atoms with E-state index in [0.717, 1.165) is 5.92 Å². The minimum Gasteiger partial charge on any atom is -0.325 e. The zero-order valence-corrected chi connectivity index (χ0v) is 17.5. The highest BCUT2D eigenvalue weighted by atomic mass is 35.5. The molecule has 0 fully saturated rings. The molecule has 0 bridgehead atoms. The highest BCUT2D eigenvalue weighted by molar-refractivity contribution is 5.85. The van der Waals surface area contributed by atoms with Crippen LogP contribution in [-0.2, 0) is 0 Å². The molecule has 0 rings (SSSR count). The first-order valence-corrected chi connectivity index (χ1v) is 10.4. The summed E-state index contributed by atoms with van der Waals surface area (Å²) >= 11 is 0. The second kappa shape index (κ2) is 17.1. The van der Waals surface area contributed by atoms with E-state index in [4.69, 9.17) is 5.73 Å². The molecular formula is C21H46ClN. The van der Waals surface area contributed by atoms with E-state index in [9.17, 15) is 0 Å². The van der Waals surface area contributed by atoms with Crippen LogP contribution in [0.15, 0.2) is 0 Å². The summed E-state index contributed by atoms with van der Waals surface area (Å²) in [6.45, 7) is 9.21. The Morgan fingerprint density at radius 3 is 1.52 bits per heavy atom. The van der Waals surface area contributed by atoms with Gasteiger partial charge >= 0.3 is 0 Å². The molecule has 0 amide bonds. The van der Waals surface area contributed by atoms with Gasteiger partial charge in [-0.1, -0.05) is 98.3 Å². The molecule has 2 N–H and O–H groups in total. The molecule has 1 unspecified atom stereocenters. The average Bonchev–Trinajstić information content (AvgIpc) is 2.53. The van der Waals surface area contributed by atoms with Gasteiger partial charge in [-0.2, -0.15) is 0 Å². The standard InChI is InChI=1S/C21H45N.ClH/c1-5-9-13-14-15-17-20(16-10-6-2)21(22,18-11-7-3)19-12-8-4;/h20H,5-19,22H2,1-4H3;1H. The van der Waals surface area contributed by atoms with Gasteiger partial charge in [-0.05, 0) is 31.6 Å². The molecule has 0 aliphatic carbocycles. The summed E-state index contributed by atoms with van der Waals surface area (Å²) in [7, 11) is 0. The third kappa shape index (κ3) is 12.3. The first kappa shape index (κ1) is 25.5. The highest BCUT2D eigenvalue weighted by Gasteiger charge is 2.32. The molecule has 2 heteroatoms. The fourth-order valence-corrected chi connectivity index (χ4v) is 3.71. The molecule has 0 aromatic rings. The summed E-state index contributed by atoms with van der Waals surface area (Å²) in [5, 5.41) is 0. The van der Waals surface area contributed by atoms with Crippen LogP contribution in [0.2, 0.25) is 0 Å². The second-order valence-electron chi connectivity index (χ2n) is 7.48. The van der Waals surface area contributed by atoms with E-state index in [-0.39, 0.29) is 17.9 Å². The van der Waals surface area contributed by atoms with Gasteiger partial charge in [0.25, 0.3) is 0 Å². The van der Waals surface area contributed by atoms with Crippen molar-refractivity contribution in [1.82, 2.24) is 0 Å². The number of hydrogen-bond donors (Lipinski definition) is 1. The van der Waals surface area contributed by atoms with Gasteiger partial charge in [0.1, 0.15) is 0 Å². The minimum absolute atomic E-state index is 0. The van der Waals surface area contributed by atoms with E-state index in [1.807, 2.05) is 0 Å². The number of halogens is 1. The first-order chi connectivity index (χ1) is 10.6. The van der Waals surface area contributed by atoms with E-state index < -0.39 is 0 Å². The van der Waals surface area contributed by atoms with E-state index in [2.05, 4.69) is 27.7 Å². The van der Waals surface area contributed by atoms with Crippen LogP contribution in [0.5, 0.6) is 0 Å². The number of nitrogens with two attached hydrogens (primary N) is 1. The average molecular weight is 348 g/mol. The van der Waals surface area contributed by atoms with Crippen LogP contribution in [0.3, 0.4) is 0 Å². The monoisotopic (exact) mass is 347 g/mol. The van der Waals surface area contributed by atoms with Gasteiger partial charge in [0, 0.05) is 5.54 Å². The third-order valence-corrected chi connectivity index (χ3v) is 5.37. The summed E-state index contributed by atoms with van der Waals surface area (Å²) in [4.78, 5) is 0. The molecule has 1 atom stereocenters. The molecule has 0 aromatic heterocycles. The van der Waals surface area contributed by atoms with E-state index in [0.29, 0.717) is 0 Å². The van der Waals surface area contributed by atoms with E-state index in [1.165, 1.54) is 96.3 Å². The minimum atomic E-state index is 0. The molecule has 0 heterocycles. The lowest BCUT2D eigenvalue weighted by molar-refractivity contribution is 0.193. The quantitative estimate of drug-likeness (QED) is 0.285. The largest absolute Gasteiger partial charge is 0.325 e. The Balaban J connectivity index is 0. The van der Waals surface area contributed by atoms with Crippen LogP contribution in [0.1, 0.15) is 124 Å². The van der Waals surface area contributed by atoms with Crippen molar-refractivity contribution in [3.8, 4) is 0 Å². The topological polar surface area (TPSA) is 26.0 Å². The Hall–Kier alpha value is 0.250. The molecule has 0 aromatic carbocycles. The summed E-state index contributed by atoms with van der Waals surface area (Å²) in [5.41, 5.74) is 7.11. The van der Waals surface area contributed by atoms with E-state index >= 15 is 0 Å². The van der Waals surface area contributed by atoms with Crippen LogP contribution >= 0.6 is 12.4 Å². The fraction of sp³-hybridized carbons (Fsp3) is 1.00. The van der Waals surface area contributed by atoms with E-state index in [1.54, 1.807) is 0 Å². The molecule has 0 saturated carbocycles. The van der Waals surface area contributed by atoms with Crippen molar-refractivity contribution in [2.24, 2.45) is 11.7 Å². The Labute approximate surface area is 154 Å². The molecule has 0 saturated heterocycles. The van der Waals surface area contributed by atoms with Gasteiger partial charge in [-0.15, -0.1) is 12.4 Å². The van der Waals surface area contributed by atoms with Gasteiger partial charge in [0.05, 0.1) is 0 Å². The van der Waals surface area contributed by atoms with Crippen LogP contribution in [-0.4, -0.2) is 5.54 Å². The summed E-state index contributed by atoms with van der Waals surface area (Å²) < 4.78 is 0. The van der Waals surface area contributed by atoms with Crippen LogP contribution in [0.4, 0.5) is 0 Å². The maximum absolute atomic E-state index is 7.00. The van der Waals surface area contributed by atoms with Gasteiger partial charge < -0.3 is 5.73 Å². The van der Waals surface area contributed by atoms with Crippen molar-refractivity contribution in [1.29, 1.82) is 0 Å². The first-order valence-electron chi connectivity index (χ1n) is 10.4. The van der Waals surface area contributed by atoms with Crippen molar-refractivity contribution in [2.45, 2.75) is 130 Å². The smallest absolute Gasteiger partial charge is 0.0182 e. The maximum atomic E-state index is 7.00. The van der Waals surface area contributed by atoms with Crippen molar-refractivity contribution in [3.05, 3.63) is 0 Å². The van der Waals surface area contributed by atoms with Crippen molar-refractivity contribution in [2.75, 3.05) is 0 Å². The predicted molar refractivity (Wildman–Crippen MR) is 110 cm³/mol. The van der Waals surface area contributed by atoms with Gasteiger partial charge in [0.2, 0.25) is 0 Å². The van der Waals surface area contributed by atoms with Gasteiger partial charge in [-0.3, -0.25) is 0 Å². The van der Waals surface area contributed by atoms with Crippen LogP contribution in [0, 0.1) is 5.92 Å². The van der Waals surface area contributed by atoms with Crippen LogP contribution < -0.4 is 5.73 Å². The molecule has 0 radical (unpaired) electrons. The lowest BCUT2D eigenvalue weighted by Gasteiger charge is -2.38. The molecule has 0 aliphatic heterocycles. The normalized spacial score (nSPS) is 12.9. The summed E-state index contributed by atoms with van der Waals surface area (Å²) in [6, 6.07) is 0. The van der Waals surface area contributed by atoms with Crippen LogP contribution in [0.25, 0.3) is 0 Å². The molecular weight excluding hydrogens is 302 g/mol. The van der Waals surface area contributed by atoms with Gasteiger partial charge in [0.15, 0.2) is 0 Å².